The van der Waals surface area contributed by atoms with Crippen LogP contribution in [0.1, 0.15) is 22.3 Å². The van der Waals surface area contributed by atoms with E-state index in [-0.39, 0.29) is 11.5 Å². The molecule has 0 spiro atoms. The summed E-state index contributed by atoms with van der Waals surface area (Å²) in [5, 5.41) is 0. The third-order valence-electron chi connectivity index (χ3n) is 4.61. The Balaban J connectivity index is 1.42. The molecule has 0 atom stereocenters. The van der Waals surface area contributed by atoms with Gasteiger partial charge in [-0.3, -0.25) is 4.72 Å². The molecule has 8 heteroatoms. The van der Waals surface area contributed by atoms with Crippen molar-refractivity contribution in [3.05, 3.63) is 83.9 Å². The minimum absolute atomic E-state index is 0.0584. The number of esters is 1. The lowest BCUT2D eigenvalue weighted by atomic mass is 10.2. The second-order valence-corrected chi connectivity index (χ2v) is 8.59. The van der Waals surface area contributed by atoms with Crippen molar-refractivity contribution in [2.45, 2.75) is 17.9 Å². The fourth-order valence-corrected chi connectivity index (χ4v) is 4.08. The monoisotopic (exact) mass is 439 g/mol. The minimum atomic E-state index is -3.84. The summed E-state index contributed by atoms with van der Waals surface area (Å²) in [6, 6.07) is 19.9. The second kappa shape index (κ2) is 9.09. The summed E-state index contributed by atoms with van der Waals surface area (Å²) >= 11 is 0. The van der Waals surface area contributed by atoms with Crippen molar-refractivity contribution >= 4 is 21.7 Å². The van der Waals surface area contributed by atoms with Gasteiger partial charge in [0.2, 0.25) is 0 Å². The van der Waals surface area contributed by atoms with E-state index in [2.05, 4.69) is 4.72 Å². The van der Waals surface area contributed by atoms with Crippen molar-refractivity contribution in [2.75, 3.05) is 17.9 Å². The van der Waals surface area contributed by atoms with E-state index < -0.39 is 16.0 Å². The average molecular weight is 439 g/mol. The van der Waals surface area contributed by atoms with Crippen molar-refractivity contribution in [1.82, 2.24) is 0 Å². The highest BCUT2D eigenvalue weighted by Crippen LogP contribution is 2.32. The maximum Gasteiger partial charge on any atom is 0.338 e. The molecule has 0 saturated heterocycles. The van der Waals surface area contributed by atoms with Crippen LogP contribution in [0.25, 0.3) is 0 Å². The van der Waals surface area contributed by atoms with Crippen molar-refractivity contribution in [3.63, 3.8) is 0 Å². The Kier molecular flexibility index (Phi) is 6.08. The van der Waals surface area contributed by atoms with Crippen LogP contribution in [0.15, 0.2) is 77.7 Å². The van der Waals surface area contributed by atoms with Crippen molar-refractivity contribution in [1.29, 1.82) is 0 Å². The Morgan fingerprint density at radius 1 is 0.903 bits per heavy atom. The SMILES string of the molecule is O=C(OCc1ccccc1)c1ccc(NS(=O)(=O)c2ccc3c(c2)OCCCO3)cc1. The van der Waals surface area contributed by atoms with Crippen molar-refractivity contribution in [2.24, 2.45) is 0 Å². The van der Waals surface area contributed by atoms with Gasteiger partial charge in [0.25, 0.3) is 10.0 Å². The maximum atomic E-state index is 12.8. The fourth-order valence-electron chi connectivity index (χ4n) is 3.01. The molecule has 0 radical (unpaired) electrons. The zero-order chi connectivity index (χ0) is 21.7. The average Bonchev–Trinajstić information content (AvgIpc) is 3.03. The molecule has 1 aliphatic rings. The van der Waals surface area contributed by atoms with Gasteiger partial charge >= 0.3 is 5.97 Å². The molecule has 4 rings (SSSR count). The zero-order valence-corrected chi connectivity index (χ0v) is 17.4. The van der Waals surface area contributed by atoms with Gasteiger partial charge in [0.1, 0.15) is 6.61 Å². The minimum Gasteiger partial charge on any atom is -0.490 e. The van der Waals surface area contributed by atoms with Crippen LogP contribution in [0.5, 0.6) is 11.5 Å². The lowest BCUT2D eigenvalue weighted by molar-refractivity contribution is 0.0472. The number of sulfonamides is 1. The molecule has 0 aromatic heterocycles. The number of hydrogen-bond acceptors (Lipinski definition) is 6. The van der Waals surface area contributed by atoms with Crippen LogP contribution in [0.4, 0.5) is 5.69 Å². The van der Waals surface area contributed by atoms with E-state index in [0.717, 1.165) is 12.0 Å². The molecule has 3 aromatic carbocycles. The Labute approximate surface area is 180 Å². The molecular weight excluding hydrogens is 418 g/mol. The molecule has 1 aliphatic heterocycles. The number of nitrogens with one attached hydrogen (secondary N) is 1. The van der Waals surface area contributed by atoms with E-state index >= 15 is 0 Å². The largest absolute Gasteiger partial charge is 0.490 e. The summed E-state index contributed by atoms with van der Waals surface area (Å²) in [5.41, 5.74) is 1.54. The Bertz CT molecular complexity index is 1160. The summed E-state index contributed by atoms with van der Waals surface area (Å²) in [6.07, 6.45) is 0.731. The van der Waals surface area contributed by atoms with Gasteiger partial charge in [-0.2, -0.15) is 0 Å². The molecule has 1 N–H and O–H groups in total. The normalized spacial score (nSPS) is 13.2. The zero-order valence-electron chi connectivity index (χ0n) is 16.6. The summed E-state index contributed by atoms with van der Waals surface area (Å²) in [4.78, 5) is 12.3. The molecule has 160 valence electrons. The summed E-state index contributed by atoms with van der Waals surface area (Å²) in [5.74, 6) is 0.438. The maximum absolute atomic E-state index is 12.8. The fraction of sp³-hybridized carbons (Fsp3) is 0.174. The summed E-state index contributed by atoms with van der Waals surface area (Å²) < 4.78 is 44.4. The Hall–Kier alpha value is -3.52. The molecule has 3 aromatic rings. The van der Waals surface area contributed by atoms with E-state index in [4.69, 9.17) is 14.2 Å². The summed E-state index contributed by atoms with van der Waals surface area (Å²) in [6.45, 7) is 1.15. The van der Waals surface area contributed by atoms with Crippen molar-refractivity contribution in [3.8, 4) is 11.5 Å². The van der Waals surface area contributed by atoms with Gasteiger partial charge in [-0.1, -0.05) is 30.3 Å². The van der Waals surface area contributed by atoms with Crippen LogP contribution in [-0.2, 0) is 21.4 Å². The van der Waals surface area contributed by atoms with Crippen LogP contribution in [0.2, 0.25) is 0 Å². The third kappa shape index (κ3) is 5.16. The number of anilines is 1. The highest BCUT2D eigenvalue weighted by atomic mass is 32.2. The number of carbonyl (C=O) groups excluding carboxylic acids is 1. The number of fused-ring (bicyclic) bond motifs is 1. The first-order valence-corrected chi connectivity index (χ1v) is 11.2. The van der Waals surface area contributed by atoms with Gasteiger partial charge in [0, 0.05) is 18.2 Å². The first kappa shape index (κ1) is 20.7. The predicted octanol–water partition coefficient (Wildman–Crippen LogP) is 4.01. The van der Waals surface area contributed by atoms with Crippen molar-refractivity contribution < 1.29 is 27.4 Å². The molecule has 0 bridgehead atoms. The molecule has 31 heavy (non-hydrogen) atoms. The number of benzene rings is 3. The number of hydrogen-bond donors (Lipinski definition) is 1. The topological polar surface area (TPSA) is 90.9 Å². The lowest BCUT2D eigenvalue weighted by Crippen LogP contribution is -2.13. The van der Waals surface area contributed by atoms with Gasteiger partial charge in [0.05, 0.1) is 23.7 Å². The molecule has 1 heterocycles. The molecular formula is C23H21NO6S. The van der Waals surface area contributed by atoms with Crippen LogP contribution < -0.4 is 14.2 Å². The number of ether oxygens (including phenoxy) is 3. The molecule has 0 fully saturated rings. The van der Waals surface area contributed by atoms with E-state index in [1.807, 2.05) is 30.3 Å². The number of rotatable bonds is 6. The highest BCUT2D eigenvalue weighted by Gasteiger charge is 2.19. The van der Waals surface area contributed by atoms with E-state index in [1.54, 1.807) is 6.07 Å². The standard InChI is InChI=1S/C23H21NO6S/c25-23(30-16-17-5-2-1-3-6-17)18-7-9-19(10-8-18)24-31(26,27)20-11-12-21-22(15-20)29-14-4-13-28-21/h1-3,5-12,15,24H,4,13-14,16H2. The van der Waals surface area contributed by atoms with Gasteiger partial charge < -0.3 is 14.2 Å². The highest BCUT2D eigenvalue weighted by molar-refractivity contribution is 7.92. The van der Waals surface area contributed by atoms with Gasteiger partial charge in [-0.15, -0.1) is 0 Å². The van der Waals surface area contributed by atoms with Crippen LogP contribution in [0, 0.1) is 0 Å². The quantitative estimate of drug-likeness (QED) is 0.584. The smallest absolute Gasteiger partial charge is 0.338 e. The van der Waals surface area contributed by atoms with Gasteiger partial charge in [-0.05, 0) is 42.0 Å². The second-order valence-electron chi connectivity index (χ2n) is 6.90. The van der Waals surface area contributed by atoms with E-state index in [0.29, 0.717) is 36.0 Å². The third-order valence-corrected chi connectivity index (χ3v) is 5.99. The molecule has 0 amide bonds. The van der Waals surface area contributed by atoms with Gasteiger partial charge in [0.15, 0.2) is 11.5 Å². The van der Waals surface area contributed by atoms with Crippen LogP contribution in [-0.4, -0.2) is 27.6 Å². The first-order valence-electron chi connectivity index (χ1n) is 9.75. The Morgan fingerprint density at radius 3 is 2.35 bits per heavy atom. The van der Waals surface area contributed by atoms with Crippen LogP contribution in [0.3, 0.4) is 0 Å². The van der Waals surface area contributed by atoms with E-state index in [9.17, 15) is 13.2 Å². The lowest BCUT2D eigenvalue weighted by Gasteiger charge is -2.12. The molecule has 0 unspecified atom stereocenters. The van der Waals surface area contributed by atoms with E-state index in [1.165, 1.54) is 36.4 Å². The first-order chi connectivity index (χ1) is 15.0. The van der Waals surface area contributed by atoms with Gasteiger partial charge in [-0.25, -0.2) is 13.2 Å². The molecule has 7 nitrogen and oxygen atoms in total. The van der Waals surface area contributed by atoms with Crippen LogP contribution >= 0.6 is 0 Å². The number of carbonyl (C=O) groups is 1. The Morgan fingerprint density at radius 2 is 1.61 bits per heavy atom. The molecule has 0 saturated carbocycles. The summed E-state index contributed by atoms with van der Waals surface area (Å²) in [7, 11) is -3.84. The molecule has 0 aliphatic carbocycles. The predicted molar refractivity (Wildman–Crippen MR) is 115 cm³/mol.